The smallest absolute Gasteiger partial charge is 0.410 e. The first kappa shape index (κ1) is 12.8. The SMILES string of the molecule is CC(C)(C)OC(=O)N1CCC[C@@H]1CC(N)=O. The molecule has 1 saturated heterocycles. The molecule has 0 aromatic rings. The summed E-state index contributed by atoms with van der Waals surface area (Å²) in [4.78, 5) is 24.3. The second-order valence-electron chi connectivity index (χ2n) is 5.14. The number of carbonyl (C=O) groups is 2. The van der Waals surface area contributed by atoms with E-state index in [4.69, 9.17) is 10.5 Å². The van der Waals surface area contributed by atoms with Gasteiger partial charge in [-0.2, -0.15) is 0 Å². The number of carbonyl (C=O) groups excluding carboxylic acids is 2. The summed E-state index contributed by atoms with van der Waals surface area (Å²) in [5.41, 5.74) is 4.64. The zero-order valence-corrected chi connectivity index (χ0v) is 10.2. The Hall–Kier alpha value is -1.26. The van der Waals surface area contributed by atoms with Crippen LogP contribution in [0.4, 0.5) is 4.79 Å². The molecule has 1 heterocycles. The van der Waals surface area contributed by atoms with Crippen molar-refractivity contribution < 1.29 is 14.3 Å². The van der Waals surface area contributed by atoms with Gasteiger partial charge in [0.1, 0.15) is 5.60 Å². The minimum atomic E-state index is -0.503. The predicted octanol–water partition coefficient (Wildman–Crippen LogP) is 1.26. The second-order valence-corrected chi connectivity index (χ2v) is 5.14. The maximum Gasteiger partial charge on any atom is 0.410 e. The first-order valence-corrected chi connectivity index (χ1v) is 5.57. The number of nitrogens with zero attached hydrogens (tertiary/aromatic N) is 1. The molecule has 1 rings (SSSR count). The van der Waals surface area contributed by atoms with E-state index in [9.17, 15) is 9.59 Å². The summed E-state index contributed by atoms with van der Waals surface area (Å²) < 4.78 is 5.27. The van der Waals surface area contributed by atoms with Crippen LogP contribution in [0.25, 0.3) is 0 Å². The summed E-state index contributed by atoms with van der Waals surface area (Å²) in [6, 6.07) is -0.0904. The standard InChI is InChI=1S/C11H20N2O3/c1-11(2,3)16-10(15)13-6-4-5-8(13)7-9(12)14/h8H,4-7H2,1-3H3,(H2,12,14)/t8-/m1/s1. The first-order chi connectivity index (χ1) is 7.29. The van der Waals surface area contributed by atoms with Crippen LogP contribution < -0.4 is 5.73 Å². The molecule has 2 N–H and O–H groups in total. The van der Waals surface area contributed by atoms with Crippen LogP contribution in [0.2, 0.25) is 0 Å². The third-order valence-electron chi connectivity index (χ3n) is 2.44. The van der Waals surface area contributed by atoms with Crippen molar-refractivity contribution in [2.45, 2.75) is 51.7 Å². The molecule has 5 heteroatoms. The molecule has 0 bridgehead atoms. The van der Waals surface area contributed by atoms with Gasteiger partial charge in [-0.05, 0) is 33.6 Å². The van der Waals surface area contributed by atoms with Gasteiger partial charge >= 0.3 is 6.09 Å². The molecule has 2 amide bonds. The van der Waals surface area contributed by atoms with E-state index >= 15 is 0 Å². The van der Waals surface area contributed by atoms with Gasteiger partial charge in [-0.15, -0.1) is 0 Å². The highest BCUT2D eigenvalue weighted by molar-refractivity contribution is 5.76. The van der Waals surface area contributed by atoms with E-state index in [1.54, 1.807) is 4.90 Å². The van der Waals surface area contributed by atoms with Crippen molar-refractivity contribution in [3.63, 3.8) is 0 Å². The minimum absolute atomic E-state index is 0.0904. The quantitative estimate of drug-likeness (QED) is 0.773. The molecular formula is C11H20N2O3. The zero-order valence-electron chi connectivity index (χ0n) is 10.2. The summed E-state index contributed by atoms with van der Waals surface area (Å²) >= 11 is 0. The summed E-state index contributed by atoms with van der Waals surface area (Å²) in [5.74, 6) is -0.375. The zero-order chi connectivity index (χ0) is 12.3. The van der Waals surface area contributed by atoms with Crippen LogP contribution in [0.3, 0.4) is 0 Å². The molecule has 0 spiro atoms. The van der Waals surface area contributed by atoms with E-state index in [2.05, 4.69) is 0 Å². The Labute approximate surface area is 95.9 Å². The second kappa shape index (κ2) is 4.72. The highest BCUT2D eigenvalue weighted by atomic mass is 16.6. The fourth-order valence-corrected chi connectivity index (χ4v) is 1.84. The average Bonchev–Trinajstić information content (AvgIpc) is 2.47. The highest BCUT2D eigenvalue weighted by Crippen LogP contribution is 2.22. The monoisotopic (exact) mass is 228 g/mol. The lowest BCUT2D eigenvalue weighted by atomic mass is 10.1. The van der Waals surface area contributed by atoms with Crippen molar-refractivity contribution in [1.29, 1.82) is 0 Å². The van der Waals surface area contributed by atoms with Gasteiger partial charge in [-0.25, -0.2) is 4.79 Å². The lowest BCUT2D eigenvalue weighted by Crippen LogP contribution is -2.41. The molecule has 5 nitrogen and oxygen atoms in total. The van der Waals surface area contributed by atoms with Gasteiger partial charge in [-0.3, -0.25) is 4.79 Å². The number of primary amides is 1. The van der Waals surface area contributed by atoms with Crippen LogP contribution in [-0.4, -0.2) is 35.1 Å². The Morgan fingerprint density at radius 2 is 2.06 bits per heavy atom. The van der Waals surface area contributed by atoms with Crippen LogP contribution in [0.1, 0.15) is 40.0 Å². The Balaban J connectivity index is 2.57. The maximum absolute atomic E-state index is 11.8. The lowest BCUT2D eigenvalue weighted by Gasteiger charge is -2.28. The molecule has 0 saturated carbocycles. The Morgan fingerprint density at radius 3 is 2.56 bits per heavy atom. The number of hydrogen-bond donors (Lipinski definition) is 1. The van der Waals surface area contributed by atoms with E-state index in [-0.39, 0.29) is 24.5 Å². The molecule has 1 atom stereocenters. The van der Waals surface area contributed by atoms with Gasteiger partial charge in [0.25, 0.3) is 0 Å². The Bertz CT molecular complexity index is 283. The molecule has 0 aromatic carbocycles. The van der Waals surface area contributed by atoms with E-state index in [1.807, 2.05) is 20.8 Å². The average molecular weight is 228 g/mol. The molecule has 1 aliphatic rings. The topological polar surface area (TPSA) is 72.6 Å². The van der Waals surface area contributed by atoms with Gasteiger partial charge in [0.2, 0.25) is 5.91 Å². The fourth-order valence-electron chi connectivity index (χ4n) is 1.84. The molecule has 0 radical (unpaired) electrons. The Morgan fingerprint density at radius 1 is 1.44 bits per heavy atom. The number of nitrogens with two attached hydrogens (primary N) is 1. The van der Waals surface area contributed by atoms with E-state index in [1.165, 1.54) is 0 Å². The number of likely N-dealkylation sites (tertiary alicyclic amines) is 1. The van der Waals surface area contributed by atoms with Crippen molar-refractivity contribution >= 4 is 12.0 Å². The largest absolute Gasteiger partial charge is 0.444 e. The van der Waals surface area contributed by atoms with Crippen LogP contribution in [0.5, 0.6) is 0 Å². The van der Waals surface area contributed by atoms with Crippen molar-refractivity contribution in [2.24, 2.45) is 5.73 Å². The summed E-state index contributed by atoms with van der Waals surface area (Å²) in [5, 5.41) is 0. The Kier molecular flexibility index (Phi) is 3.78. The first-order valence-electron chi connectivity index (χ1n) is 5.57. The third-order valence-corrected chi connectivity index (χ3v) is 2.44. The van der Waals surface area contributed by atoms with E-state index in [0.29, 0.717) is 6.54 Å². The molecule has 0 unspecified atom stereocenters. The summed E-state index contributed by atoms with van der Waals surface area (Å²) in [6.45, 7) is 6.12. The lowest BCUT2D eigenvalue weighted by molar-refractivity contribution is -0.118. The normalized spacial score (nSPS) is 20.9. The van der Waals surface area contributed by atoms with Gasteiger partial charge in [-0.1, -0.05) is 0 Å². The van der Waals surface area contributed by atoms with Crippen LogP contribution >= 0.6 is 0 Å². The third kappa shape index (κ3) is 3.72. The minimum Gasteiger partial charge on any atom is -0.444 e. The van der Waals surface area contributed by atoms with E-state index < -0.39 is 5.60 Å². The van der Waals surface area contributed by atoms with Gasteiger partial charge in [0.15, 0.2) is 0 Å². The molecule has 1 aliphatic heterocycles. The van der Waals surface area contributed by atoms with Gasteiger partial charge in [0.05, 0.1) is 0 Å². The van der Waals surface area contributed by atoms with E-state index in [0.717, 1.165) is 12.8 Å². The van der Waals surface area contributed by atoms with Crippen molar-refractivity contribution in [2.75, 3.05) is 6.54 Å². The van der Waals surface area contributed by atoms with Gasteiger partial charge < -0.3 is 15.4 Å². The van der Waals surface area contributed by atoms with Crippen molar-refractivity contribution in [3.8, 4) is 0 Å². The molecule has 1 fully saturated rings. The summed E-state index contributed by atoms with van der Waals surface area (Å²) in [7, 11) is 0. The predicted molar refractivity (Wildman–Crippen MR) is 59.8 cm³/mol. The van der Waals surface area contributed by atoms with Crippen molar-refractivity contribution in [3.05, 3.63) is 0 Å². The van der Waals surface area contributed by atoms with Gasteiger partial charge in [0, 0.05) is 19.0 Å². The summed E-state index contributed by atoms with van der Waals surface area (Å²) in [6.07, 6.45) is 1.59. The van der Waals surface area contributed by atoms with Crippen LogP contribution in [0.15, 0.2) is 0 Å². The molecular weight excluding hydrogens is 208 g/mol. The number of ether oxygens (including phenoxy) is 1. The highest BCUT2D eigenvalue weighted by Gasteiger charge is 2.32. The fraction of sp³-hybridized carbons (Fsp3) is 0.818. The van der Waals surface area contributed by atoms with Crippen LogP contribution in [0, 0.1) is 0 Å². The molecule has 92 valence electrons. The number of rotatable bonds is 2. The molecule has 0 aromatic heterocycles. The maximum atomic E-state index is 11.8. The molecule has 16 heavy (non-hydrogen) atoms. The van der Waals surface area contributed by atoms with Crippen molar-refractivity contribution in [1.82, 2.24) is 4.90 Å². The van der Waals surface area contributed by atoms with Crippen LogP contribution in [-0.2, 0) is 9.53 Å². The number of hydrogen-bond acceptors (Lipinski definition) is 3. The number of amides is 2. The molecule has 0 aliphatic carbocycles.